The van der Waals surface area contributed by atoms with Crippen molar-refractivity contribution in [3.05, 3.63) is 42.2 Å². The Labute approximate surface area is 119 Å². The molecule has 1 aromatic carbocycles. The minimum atomic E-state index is -2.78. The predicted octanol–water partition coefficient (Wildman–Crippen LogP) is 0.284. The maximum absolute atomic E-state index is 9.95. The SMILES string of the molecule is O=[SH](=O)OC=Cc1ccccc1.[BaH2]. The molecular formula is C8H10BaO3S. The molecule has 0 amide bonds. The van der Waals surface area contributed by atoms with Crippen molar-refractivity contribution < 1.29 is 12.6 Å². The molecule has 0 unspecified atom stereocenters. The second-order valence-corrected chi connectivity index (χ2v) is 2.70. The van der Waals surface area contributed by atoms with Gasteiger partial charge in [-0.25, -0.2) is 0 Å². The topological polar surface area (TPSA) is 43.4 Å². The summed E-state index contributed by atoms with van der Waals surface area (Å²) >= 11 is 0. The molecule has 3 nitrogen and oxygen atoms in total. The molecule has 0 fully saturated rings. The summed E-state index contributed by atoms with van der Waals surface area (Å²) in [5, 5.41) is 0. The van der Waals surface area contributed by atoms with E-state index in [2.05, 4.69) is 4.18 Å². The van der Waals surface area contributed by atoms with E-state index in [-0.39, 0.29) is 48.9 Å². The third kappa shape index (κ3) is 6.37. The first-order valence-corrected chi connectivity index (χ1v) is 4.41. The zero-order valence-corrected chi connectivity index (χ0v) is 7.11. The zero-order valence-electron chi connectivity index (χ0n) is 6.21. The van der Waals surface area contributed by atoms with Gasteiger partial charge in [-0.3, -0.25) is 0 Å². The fourth-order valence-corrected chi connectivity index (χ4v) is 0.883. The van der Waals surface area contributed by atoms with Crippen LogP contribution < -0.4 is 0 Å². The van der Waals surface area contributed by atoms with Gasteiger partial charge in [0.1, 0.15) is 6.26 Å². The molecule has 0 aliphatic rings. The molecule has 68 valence electrons. The van der Waals surface area contributed by atoms with Gasteiger partial charge in [-0.15, -0.1) is 0 Å². The van der Waals surface area contributed by atoms with Gasteiger partial charge in [0.25, 0.3) is 11.0 Å². The molecule has 0 spiro atoms. The third-order valence-corrected chi connectivity index (χ3v) is 1.50. The maximum atomic E-state index is 9.95. The minimum absolute atomic E-state index is 0. The third-order valence-electron chi connectivity index (χ3n) is 1.21. The van der Waals surface area contributed by atoms with Crippen molar-refractivity contribution in [3.63, 3.8) is 0 Å². The average molecular weight is 324 g/mol. The van der Waals surface area contributed by atoms with Crippen LogP contribution in [0, 0.1) is 0 Å². The van der Waals surface area contributed by atoms with Crippen molar-refractivity contribution in [1.82, 2.24) is 0 Å². The Kier molecular flexibility index (Phi) is 7.83. The summed E-state index contributed by atoms with van der Waals surface area (Å²) in [6.45, 7) is 0. The summed E-state index contributed by atoms with van der Waals surface area (Å²) in [5.74, 6) is 0. The number of hydrogen-bond donors (Lipinski definition) is 1. The van der Waals surface area contributed by atoms with E-state index in [1.165, 1.54) is 0 Å². The van der Waals surface area contributed by atoms with Crippen LogP contribution in [0.3, 0.4) is 0 Å². The van der Waals surface area contributed by atoms with Gasteiger partial charge in [0.2, 0.25) is 0 Å². The van der Waals surface area contributed by atoms with Crippen LogP contribution in [0.2, 0.25) is 0 Å². The van der Waals surface area contributed by atoms with Crippen LogP contribution in [0.15, 0.2) is 36.6 Å². The number of rotatable bonds is 3. The summed E-state index contributed by atoms with van der Waals surface area (Å²) in [4.78, 5) is 0. The molecule has 0 bridgehead atoms. The Morgan fingerprint density at radius 1 is 1.15 bits per heavy atom. The van der Waals surface area contributed by atoms with Crippen molar-refractivity contribution in [3.8, 4) is 0 Å². The zero-order chi connectivity index (χ0) is 8.81. The van der Waals surface area contributed by atoms with Crippen LogP contribution in [0.25, 0.3) is 6.08 Å². The molecule has 0 N–H and O–H groups in total. The first kappa shape index (κ1) is 13.3. The van der Waals surface area contributed by atoms with Gasteiger partial charge in [0.05, 0.1) is 0 Å². The first-order chi connectivity index (χ1) is 5.79. The molecule has 0 heterocycles. The van der Waals surface area contributed by atoms with E-state index in [0.29, 0.717) is 0 Å². The fraction of sp³-hybridized carbons (Fsp3) is 0. The van der Waals surface area contributed by atoms with Crippen molar-refractivity contribution >= 4 is 65.9 Å². The molecule has 13 heavy (non-hydrogen) atoms. The fourth-order valence-electron chi connectivity index (χ4n) is 0.723. The van der Waals surface area contributed by atoms with Gasteiger partial charge in [-0.05, 0) is 11.6 Å². The Morgan fingerprint density at radius 2 is 1.77 bits per heavy atom. The molecule has 5 heteroatoms. The Balaban J connectivity index is 0.00000144. The quantitative estimate of drug-likeness (QED) is 0.494. The molecule has 0 aliphatic carbocycles. The Morgan fingerprint density at radius 3 is 2.31 bits per heavy atom. The molecule has 0 saturated carbocycles. The summed E-state index contributed by atoms with van der Waals surface area (Å²) in [5.41, 5.74) is 0.898. The van der Waals surface area contributed by atoms with E-state index in [0.717, 1.165) is 11.8 Å². The molecule has 0 atom stereocenters. The van der Waals surface area contributed by atoms with Gasteiger partial charge in [-0.2, -0.15) is 8.42 Å². The molecule has 0 saturated heterocycles. The molecule has 1 aromatic rings. The Hall–Kier alpha value is 0.281. The van der Waals surface area contributed by atoms with Crippen molar-refractivity contribution in [2.45, 2.75) is 0 Å². The number of thiol groups is 1. The number of benzene rings is 1. The van der Waals surface area contributed by atoms with Crippen molar-refractivity contribution in [2.24, 2.45) is 0 Å². The Bertz CT molecular complexity index is 325. The van der Waals surface area contributed by atoms with Crippen LogP contribution >= 0.6 is 0 Å². The van der Waals surface area contributed by atoms with E-state index >= 15 is 0 Å². The van der Waals surface area contributed by atoms with Crippen LogP contribution in [-0.2, 0) is 15.2 Å². The second kappa shape index (κ2) is 7.66. The second-order valence-electron chi connectivity index (χ2n) is 2.04. The monoisotopic (exact) mass is 324 g/mol. The van der Waals surface area contributed by atoms with Crippen molar-refractivity contribution in [1.29, 1.82) is 0 Å². The van der Waals surface area contributed by atoms with Crippen molar-refractivity contribution in [2.75, 3.05) is 0 Å². The van der Waals surface area contributed by atoms with Crippen LogP contribution in [0.4, 0.5) is 0 Å². The molecule has 1 rings (SSSR count). The van der Waals surface area contributed by atoms with Gasteiger partial charge < -0.3 is 4.18 Å². The van der Waals surface area contributed by atoms with Crippen LogP contribution in [0.1, 0.15) is 5.56 Å². The van der Waals surface area contributed by atoms with E-state index < -0.39 is 11.0 Å². The predicted molar refractivity (Wildman–Crippen MR) is 55.4 cm³/mol. The van der Waals surface area contributed by atoms with E-state index in [1.807, 2.05) is 30.3 Å². The van der Waals surface area contributed by atoms with E-state index in [4.69, 9.17) is 0 Å². The molecule has 0 aliphatic heterocycles. The summed E-state index contributed by atoms with van der Waals surface area (Å²) in [7, 11) is -2.78. The molecule has 0 aromatic heterocycles. The van der Waals surface area contributed by atoms with Crippen LogP contribution in [-0.4, -0.2) is 57.3 Å². The van der Waals surface area contributed by atoms with Gasteiger partial charge in [0.15, 0.2) is 0 Å². The van der Waals surface area contributed by atoms with E-state index in [9.17, 15) is 8.42 Å². The average Bonchev–Trinajstić information content (AvgIpc) is 2.05. The van der Waals surface area contributed by atoms with Gasteiger partial charge in [0, 0.05) is 0 Å². The van der Waals surface area contributed by atoms with Crippen LogP contribution in [0.5, 0.6) is 0 Å². The summed E-state index contributed by atoms with van der Waals surface area (Å²) in [6.07, 6.45) is 2.71. The molecular weight excluding hydrogens is 313 g/mol. The molecule has 0 radical (unpaired) electrons. The standard InChI is InChI=1S/C8H8O3S.Ba.2H/c9-12(10)11-7-6-8-4-2-1-3-5-8;;;/h1-7,12H;;;. The normalized spacial score (nSPS) is 9.92. The van der Waals surface area contributed by atoms with Gasteiger partial charge in [-0.1, -0.05) is 30.3 Å². The number of hydrogen-bond acceptors (Lipinski definition) is 3. The summed E-state index contributed by atoms with van der Waals surface area (Å²) < 4.78 is 24.1. The van der Waals surface area contributed by atoms with E-state index in [1.54, 1.807) is 6.08 Å². The van der Waals surface area contributed by atoms with Gasteiger partial charge >= 0.3 is 48.9 Å². The summed E-state index contributed by atoms with van der Waals surface area (Å²) in [6, 6.07) is 9.29. The first-order valence-electron chi connectivity index (χ1n) is 3.32.